The van der Waals surface area contributed by atoms with E-state index in [2.05, 4.69) is 10.3 Å². The minimum atomic E-state index is -0.252. The number of amides is 1. The molecule has 1 N–H and O–H groups in total. The Balaban J connectivity index is 1.45. The van der Waals surface area contributed by atoms with Crippen LogP contribution >= 0.6 is 0 Å². The standard InChI is InChI=1S/C25H22N4O3/c30-25(27-20-9-10-22-23(14-20)32-13-5-12-31-22)21-17-29(16-18-6-2-1-3-7-18)28-24(21)19-8-4-11-26-15-19/h1-4,6-11,14-15,17H,5,12-13,16H2,(H,27,30). The average Bonchev–Trinajstić information content (AvgIpc) is 3.11. The maximum absolute atomic E-state index is 13.3. The number of anilines is 1. The lowest BCUT2D eigenvalue weighted by Gasteiger charge is -2.10. The number of nitrogens with one attached hydrogen (secondary N) is 1. The maximum atomic E-state index is 13.3. The first-order chi connectivity index (χ1) is 15.8. The Labute approximate surface area is 185 Å². The molecule has 1 aliphatic heterocycles. The van der Waals surface area contributed by atoms with E-state index in [1.54, 1.807) is 29.3 Å². The largest absolute Gasteiger partial charge is 0.490 e. The van der Waals surface area contributed by atoms with Gasteiger partial charge in [-0.05, 0) is 29.8 Å². The first kappa shape index (κ1) is 19.8. The van der Waals surface area contributed by atoms with E-state index in [1.165, 1.54) is 0 Å². The van der Waals surface area contributed by atoms with Crippen molar-refractivity contribution in [1.29, 1.82) is 0 Å². The van der Waals surface area contributed by atoms with Gasteiger partial charge < -0.3 is 14.8 Å². The molecule has 7 nitrogen and oxygen atoms in total. The van der Waals surface area contributed by atoms with Crippen molar-refractivity contribution in [3.63, 3.8) is 0 Å². The number of benzene rings is 2. The van der Waals surface area contributed by atoms with Crippen LogP contribution in [0, 0.1) is 0 Å². The highest BCUT2D eigenvalue weighted by molar-refractivity contribution is 6.08. The van der Waals surface area contributed by atoms with Crippen LogP contribution in [0.2, 0.25) is 0 Å². The number of hydrogen-bond acceptors (Lipinski definition) is 5. The number of fused-ring (bicyclic) bond motifs is 1. The Morgan fingerprint density at radius 1 is 1.00 bits per heavy atom. The number of carbonyl (C=O) groups is 1. The van der Waals surface area contributed by atoms with Crippen molar-refractivity contribution in [1.82, 2.24) is 14.8 Å². The number of carbonyl (C=O) groups excluding carboxylic acids is 1. The summed E-state index contributed by atoms with van der Waals surface area (Å²) >= 11 is 0. The van der Waals surface area contributed by atoms with E-state index in [4.69, 9.17) is 14.6 Å². The van der Waals surface area contributed by atoms with Gasteiger partial charge in [0.2, 0.25) is 0 Å². The molecule has 0 fully saturated rings. The maximum Gasteiger partial charge on any atom is 0.259 e. The number of hydrogen-bond donors (Lipinski definition) is 1. The van der Waals surface area contributed by atoms with E-state index in [0.717, 1.165) is 17.5 Å². The Bertz CT molecular complexity index is 1220. The summed E-state index contributed by atoms with van der Waals surface area (Å²) in [6.45, 7) is 1.76. The Kier molecular flexibility index (Phi) is 5.53. The molecule has 0 saturated heterocycles. The van der Waals surface area contributed by atoms with Crippen LogP contribution in [-0.4, -0.2) is 33.9 Å². The molecule has 0 radical (unpaired) electrons. The summed E-state index contributed by atoms with van der Waals surface area (Å²) in [6.07, 6.45) is 6.00. The van der Waals surface area contributed by atoms with Crippen molar-refractivity contribution in [2.75, 3.05) is 18.5 Å². The second-order valence-corrected chi connectivity index (χ2v) is 7.48. The van der Waals surface area contributed by atoms with Gasteiger partial charge in [0.05, 0.1) is 25.3 Å². The smallest absolute Gasteiger partial charge is 0.259 e. The molecule has 2 aromatic carbocycles. The quantitative estimate of drug-likeness (QED) is 0.512. The molecule has 0 saturated carbocycles. The normalized spacial score (nSPS) is 12.8. The molecule has 0 aliphatic carbocycles. The lowest BCUT2D eigenvalue weighted by Crippen LogP contribution is -2.12. The van der Waals surface area contributed by atoms with E-state index in [1.807, 2.05) is 54.6 Å². The predicted octanol–water partition coefficient (Wildman–Crippen LogP) is 4.41. The lowest BCUT2D eigenvalue weighted by atomic mass is 10.1. The van der Waals surface area contributed by atoms with Crippen molar-refractivity contribution in [2.45, 2.75) is 13.0 Å². The van der Waals surface area contributed by atoms with Crippen molar-refractivity contribution in [3.8, 4) is 22.8 Å². The molecule has 4 aromatic rings. The van der Waals surface area contributed by atoms with Crippen molar-refractivity contribution in [2.24, 2.45) is 0 Å². The summed E-state index contributed by atoms with van der Waals surface area (Å²) in [5, 5.41) is 7.66. The van der Waals surface area contributed by atoms with Gasteiger partial charge in [-0.1, -0.05) is 30.3 Å². The zero-order chi connectivity index (χ0) is 21.8. The van der Waals surface area contributed by atoms with Gasteiger partial charge in [-0.3, -0.25) is 14.5 Å². The van der Waals surface area contributed by atoms with Gasteiger partial charge in [0.25, 0.3) is 5.91 Å². The molecule has 0 atom stereocenters. The van der Waals surface area contributed by atoms with E-state index in [0.29, 0.717) is 48.2 Å². The summed E-state index contributed by atoms with van der Waals surface area (Å²) in [6, 6.07) is 19.1. The fourth-order valence-corrected chi connectivity index (χ4v) is 3.59. The van der Waals surface area contributed by atoms with E-state index < -0.39 is 0 Å². The van der Waals surface area contributed by atoms with Crippen molar-refractivity contribution < 1.29 is 14.3 Å². The predicted molar refractivity (Wildman–Crippen MR) is 121 cm³/mol. The minimum absolute atomic E-state index is 0.252. The Morgan fingerprint density at radius 2 is 1.84 bits per heavy atom. The molecule has 2 aromatic heterocycles. The number of nitrogens with zero attached hydrogens (tertiary/aromatic N) is 3. The molecule has 7 heteroatoms. The molecule has 1 amide bonds. The summed E-state index contributed by atoms with van der Waals surface area (Å²) in [4.78, 5) is 17.4. The fraction of sp³-hybridized carbons (Fsp3) is 0.160. The molecule has 1 aliphatic rings. The zero-order valence-corrected chi connectivity index (χ0v) is 17.4. The molecular weight excluding hydrogens is 404 g/mol. The van der Waals surface area contributed by atoms with Crippen LogP contribution in [-0.2, 0) is 6.54 Å². The molecule has 0 spiro atoms. The molecule has 160 valence electrons. The SMILES string of the molecule is O=C(Nc1ccc2c(c1)OCCCO2)c1cn(Cc2ccccc2)nc1-c1cccnc1. The number of ether oxygens (including phenoxy) is 2. The zero-order valence-electron chi connectivity index (χ0n) is 17.4. The Hall–Kier alpha value is -4.13. The van der Waals surface area contributed by atoms with Gasteiger partial charge >= 0.3 is 0 Å². The number of pyridine rings is 1. The van der Waals surface area contributed by atoms with Crippen LogP contribution < -0.4 is 14.8 Å². The lowest BCUT2D eigenvalue weighted by molar-refractivity contribution is 0.102. The van der Waals surface area contributed by atoms with Gasteiger partial charge in [0, 0.05) is 42.3 Å². The van der Waals surface area contributed by atoms with Gasteiger partial charge in [-0.15, -0.1) is 0 Å². The highest BCUT2D eigenvalue weighted by Crippen LogP contribution is 2.32. The number of aromatic nitrogens is 3. The highest BCUT2D eigenvalue weighted by atomic mass is 16.5. The van der Waals surface area contributed by atoms with Gasteiger partial charge in [0.15, 0.2) is 11.5 Å². The highest BCUT2D eigenvalue weighted by Gasteiger charge is 2.19. The average molecular weight is 426 g/mol. The van der Waals surface area contributed by atoms with Crippen molar-refractivity contribution >= 4 is 11.6 Å². The van der Waals surface area contributed by atoms with Crippen LogP contribution in [0.1, 0.15) is 22.3 Å². The third-order valence-corrected chi connectivity index (χ3v) is 5.13. The monoisotopic (exact) mass is 426 g/mol. The van der Waals surface area contributed by atoms with Crippen molar-refractivity contribution in [3.05, 3.63) is 90.4 Å². The van der Waals surface area contributed by atoms with E-state index >= 15 is 0 Å². The fourth-order valence-electron chi connectivity index (χ4n) is 3.59. The third kappa shape index (κ3) is 4.32. The van der Waals surface area contributed by atoms with Crippen LogP contribution in [0.3, 0.4) is 0 Å². The van der Waals surface area contributed by atoms with Gasteiger partial charge in [0.1, 0.15) is 5.69 Å². The van der Waals surface area contributed by atoms with Gasteiger partial charge in [-0.25, -0.2) is 0 Å². The first-order valence-electron chi connectivity index (χ1n) is 10.5. The third-order valence-electron chi connectivity index (χ3n) is 5.13. The molecule has 32 heavy (non-hydrogen) atoms. The van der Waals surface area contributed by atoms with Gasteiger partial charge in [-0.2, -0.15) is 5.10 Å². The topological polar surface area (TPSA) is 78.3 Å². The summed E-state index contributed by atoms with van der Waals surface area (Å²) in [7, 11) is 0. The molecule has 0 bridgehead atoms. The van der Waals surface area contributed by atoms with Crippen LogP contribution in [0.25, 0.3) is 11.3 Å². The van der Waals surface area contributed by atoms with E-state index in [9.17, 15) is 4.79 Å². The molecular formula is C25H22N4O3. The van der Waals surface area contributed by atoms with Crippen LogP contribution in [0.5, 0.6) is 11.5 Å². The second kappa shape index (κ2) is 8.93. The molecule has 0 unspecified atom stereocenters. The summed E-state index contributed by atoms with van der Waals surface area (Å²) in [5.74, 6) is 1.07. The van der Waals surface area contributed by atoms with Crippen LogP contribution in [0.4, 0.5) is 5.69 Å². The Morgan fingerprint density at radius 3 is 2.66 bits per heavy atom. The van der Waals surface area contributed by atoms with Crippen LogP contribution in [0.15, 0.2) is 79.3 Å². The second-order valence-electron chi connectivity index (χ2n) is 7.48. The number of rotatable bonds is 5. The molecule has 5 rings (SSSR count). The summed E-state index contributed by atoms with van der Waals surface area (Å²) < 4.78 is 13.2. The molecule has 3 heterocycles. The van der Waals surface area contributed by atoms with E-state index in [-0.39, 0.29) is 5.91 Å². The minimum Gasteiger partial charge on any atom is -0.490 e. The first-order valence-corrected chi connectivity index (χ1v) is 10.5. The summed E-state index contributed by atoms with van der Waals surface area (Å²) in [5.41, 5.74) is 3.57.